The van der Waals surface area contributed by atoms with Crippen LogP contribution in [-0.4, -0.2) is 31.4 Å². The van der Waals surface area contributed by atoms with E-state index in [9.17, 15) is 4.79 Å². The highest BCUT2D eigenvalue weighted by atomic mass is 16.5. The fraction of sp³-hybridized carbons (Fsp3) is 0.500. The second-order valence-electron chi connectivity index (χ2n) is 4.20. The quantitative estimate of drug-likeness (QED) is 0.427. The van der Waals surface area contributed by atoms with Crippen LogP contribution in [0.1, 0.15) is 36.0 Å². The number of anilines is 1. The molecule has 0 unspecified atom stereocenters. The molecule has 5 nitrogen and oxygen atoms in total. The van der Waals surface area contributed by atoms with Gasteiger partial charge >= 0.3 is 5.97 Å². The molecule has 0 atom stereocenters. The van der Waals surface area contributed by atoms with Crippen LogP contribution in [0.2, 0.25) is 0 Å². The van der Waals surface area contributed by atoms with Gasteiger partial charge in [-0.25, -0.2) is 4.79 Å². The van der Waals surface area contributed by atoms with Gasteiger partial charge in [0.1, 0.15) is 11.3 Å². The van der Waals surface area contributed by atoms with Crippen LogP contribution in [0, 0.1) is 0 Å². The lowest BCUT2D eigenvalue weighted by Gasteiger charge is -2.10. The van der Waals surface area contributed by atoms with E-state index in [1.165, 1.54) is 7.11 Å². The van der Waals surface area contributed by atoms with E-state index >= 15 is 0 Å². The number of nitrogen functional groups attached to an aromatic ring is 1. The number of unbranched alkanes of at least 4 members (excludes halogenated alkanes) is 3. The third kappa shape index (κ3) is 4.79. The number of hydrogen-bond donors (Lipinski definition) is 2. The van der Waals surface area contributed by atoms with Gasteiger partial charge in [-0.3, -0.25) is 0 Å². The van der Waals surface area contributed by atoms with E-state index in [0.717, 1.165) is 25.7 Å². The van der Waals surface area contributed by atoms with Crippen molar-refractivity contribution in [2.75, 3.05) is 26.1 Å². The fourth-order valence-corrected chi connectivity index (χ4v) is 1.74. The van der Waals surface area contributed by atoms with Crippen LogP contribution >= 0.6 is 0 Å². The van der Waals surface area contributed by atoms with E-state index in [1.54, 1.807) is 18.2 Å². The first-order valence-electron chi connectivity index (χ1n) is 6.41. The summed E-state index contributed by atoms with van der Waals surface area (Å²) in [5.74, 6) is -0.0395. The number of aliphatic hydroxyl groups excluding tert-OH is 1. The van der Waals surface area contributed by atoms with Crippen LogP contribution in [0.25, 0.3) is 0 Å². The molecule has 1 aromatic carbocycles. The summed E-state index contributed by atoms with van der Waals surface area (Å²) in [6.45, 7) is 0.555. The minimum atomic E-state index is -0.461. The maximum atomic E-state index is 11.9. The van der Waals surface area contributed by atoms with E-state index in [1.807, 2.05) is 0 Å². The SMILES string of the molecule is COc1cccc(N)c1C(=O)OCCCCCCO. The first-order valence-corrected chi connectivity index (χ1v) is 6.41. The molecule has 106 valence electrons. The molecule has 0 saturated heterocycles. The number of rotatable bonds is 8. The number of carbonyl (C=O) groups is 1. The Hall–Kier alpha value is -1.75. The van der Waals surface area contributed by atoms with Gasteiger partial charge in [0.2, 0.25) is 0 Å². The zero-order chi connectivity index (χ0) is 14.1. The van der Waals surface area contributed by atoms with Crippen molar-refractivity contribution in [2.24, 2.45) is 0 Å². The topological polar surface area (TPSA) is 81.8 Å². The van der Waals surface area contributed by atoms with E-state index in [4.69, 9.17) is 20.3 Å². The molecule has 0 aliphatic rings. The monoisotopic (exact) mass is 267 g/mol. The summed E-state index contributed by atoms with van der Waals surface area (Å²) in [5, 5.41) is 8.63. The van der Waals surface area contributed by atoms with Gasteiger partial charge in [0.05, 0.1) is 13.7 Å². The van der Waals surface area contributed by atoms with Crippen molar-refractivity contribution in [1.82, 2.24) is 0 Å². The molecule has 0 spiro atoms. The maximum Gasteiger partial charge on any atom is 0.344 e. The van der Waals surface area contributed by atoms with Crippen molar-refractivity contribution in [1.29, 1.82) is 0 Å². The van der Waals surface area contributed by atoms with E-state index in [0.29, 0.717) is 18.0 Å². The Morgan fingerprint density at radius 2 is 2.00 bits per heavy atom. The number of methoxy groups -OCH3 is 1. The summed E-state index contributed by atoms with van der Waals surface area (Å²) >= 11 is 0. The van der Waals surface area contributed by atoms with Crippen LogP contribution < -0.4 is 10.5 Å². The molecule has 5 heteroatoms. The number of ether oxygens (including phenoxy) is 2. The predicted molar refractivity (Wildman–Crippen MR) is 73.2 cm³/mol. The average molecular weight is 267 g/mol. The summed E-state index contributed by atoms with van der Waals surface area (Å²) in [7, 11) is 1.49. The van der Waals surface area contributed by atoms with Crippen LogP contribution in [-0.2, 0) is 4.74 Å². The molecule has 19 heavy (non-hydrogen) atoms. The minimum Gasteiger partial charge on any atom is -0.496 e. The van der Waals surface area contributed by atoms with Gasteiger partial charge in [0.15, 0.2) is 0 Å². The zero-order valence-electron chi connectivity index (χ0n) is 11.2. The Bertz CT molecular complexity index is 406. The van der Waals surface area contributed by atoms with Crippen LogP contribution in [0.15, 0.2) is 18.2 Å². The summed E-state index contributed by atoms with van der Waals surface area (Å²) in [6.07, 6.45) is 3.42. The predicted octanol–water partition coefficient (Wildman–Crippen LogP) is 1.99. The Balaban J connectivity index is 2.45. The zero-order valence-corrected chi connectivity index (χ0v) is 11.2. The highest BCUT2D eigenvalue weighted by Crippen LogP contribution is 2.24. The molecule has 0 amide bonds. The molecule has 1 rings (SSSR count). The average Bonchev–Trinajstić information content (AvgIpc) is 2.42. The molecule has 0 radical (unpaired) electrons. The van der Waals surface area contributed by atoms with Crippen LogP contribution in [0.4, 0.5) is 5.69 Å². The molecule has 0 bridgehead atoms. The third-order valence-corrected chi connectivity index (χ3v) is 2.77. The van der Waals surface area contributed by atoms with Crippen molar-refractivity contribution < 1.29 is 19.4 Å². The van der Waals surface area contributed by atoms with Crippen molar-refractivity contribution >= 4 is 11.7 Å². The molecule has 0 fully saturated rings. The molecule has 0 aliphatic heterocycles. The van der Waals surface area contributed by atoms with Crippen molar-refractivity contribution in [3.8, 4) is 5.75 Å². The number of nitrogens with two attached hydrogens (primary N) is 1. The van der Waals surface area contributed by atoms with Gasteiger partial charge in [0, 0.05) is 12.3 Å². The van der Waals surface area contributed by atoms with Gasteiger partial charge in [-0.05, 0) is 31.4 Å². The van der Waals surface area contributed by atoms with Crippen LogP contribution in [0.3, 0.4) is 0 Å². The minimum absolute atomic E-state index is 0.206. The second kappa shape index (κ2) is 8.37. The molecule has 1 aromatic rings. The van der Waals surface area contributed by atoms with Gasteiger partial charge < -0.3 is 20.3 Å². The van der Waals surface area contributed by atoms with Gasteiger partial charge in [-0.2, -0.15) is 0 Å². The van der Waals surface area contributed by atoms with E-state index in [2.05, 4.69) is 0 Å². The number of carbonyl (C=O) groups excluding carboxylic acids is 1. The molecule has 0 aromatic heterocycles. The lowest BCUT2D eigenvalue weighted by atomic mass is 10.1. The van der Waals surface area contributed by atoms with Gasteiger partial charge in [0.25, 0.3) is 0 Å². The highest BCUT2D eigenvalue weighted by Gasteiger charge is 2.16. The van der Waals surface area contributed by atoms with E-state index < -0.39 is 5.97 Å². The molecule has 3 N–H and O–H groups in total. The van der Waals surface area contributed by atoms with Crippen LogP contribution in [0.5, 0.6) is 5.75 Å². The Morgan fingerprint density at radius 3 is 2.68 bits per heavy atom. The maximum absolute atomic E-state index is 11.9. The fourth-order valence-electron chi connectivity index (χ4n) is 1.74. The molecule has 0 aliphatic carbocycles. The third-order valence-electron chi connectivity index (χ3n) is 2.77. The van der Waals surface area contributed by atoms with Crippen molar-refractivity contribution in [3.63, 3.8) is 0 Å². The van der Waals surface area contributed by atoms with Gasteiger partial charge in [-0.15, -0.1) is 0 Å². The molecule has 0 heterocycles. The highest BCUT2D eigenvalue weighted by molar-refractivity contribution is 5.98. The Morgan fingerprint density at radius 1 is 1.26 bits per heavy atom. The number of aliphatic hydroxyl groups is 1. The summed E-state index contributed by atoms with van der Waals surface area (Å²) < 4.78 is 10.3. The van der Waals surface area contributed by atoms with Crippen molar-refractivity contribution in [2.45, 2.75) is 25.7 Å². The van der Waals surface area contributed by atoms with Crippen molar-refractivity contribution in [3.05, 3.63) is 23.8 Å². The first kappa shape index (κ1) is 15.3. The first-order chi connectivity index (χ1) is 9.20. The molecule has 0 saturated carbocycles. The number of esters is 1. The van der Waals surface area contributed by atoms with Gasteiger partial charge in [-0.1, -0.05) is 12.5 Å². The van der Waals surface area contributed by atoms with E-state index in [-0.39, 0.29) is 12.2 Å². The lowest BCUT2D eigenvalue weighted by Crippen LogP contribution is -2.11. The smallest absolute Gasteiger partial charge is 0.344 e. The summed E-state index contributed by atoms with van der Waals surface area (Å²) in [5.41, 5.74) is 6.39. The lowest BCUT2D eigenvalue weighted by molar-refractivity contribution is 0.0495. The normalized spacial score (nSPS) is 10.2. The Labute approximate surface area is 113 Å². The number of benzene rings is 1. The molecular weight excluding hydrogens is 246 g/mol. The Kier molecular flexibility index (Phi) is 6.74. The second-order valence-corrected chi connectivity index (χ2v) is 4.20. The number of hydrogen-bond acceptors (Lipinski definition) is 5. The largest absolute Gasteiger partial charge is 0.496 e. The summed E-state index contributed by atoms with van der Waals surface area (Å²) in [6, 6.07) is 5.04. The standard InChI is InChI=1S/C14H21NO4/c1-18-12-8-6-7-11(15)13(12)14(17)19-10-5-3-2-4-9-16/h6-8,16H,2-5,9-10,15H2,1H3. The molecular formula is C14H21NO4. The summed E-state index contributed by atoms with van der Waals surface area (Å²) in [4.78, 5) is 11.9.